The Labute approximate surface area is 90.6 Å². The third-order valence-corrected chi connectivity index (χ3v) is 2.57. The lowest BCUT2D eigenvalue weighted by molar-refractivity contribution is 1.60. The summed E-state index contributed by atoms with van der Waals surface area (Å²) in [5.74, 6) is 0. The number of fused-ring (bicyclic) bond motifs is 1. The van der Waals surface area contributed by atoms with Crippen molar-refractivity contribution in [2.24, 2.45) is 0 Å². The third-order valence-electron chi connectivity index (χ3n) is 2.57. The van der Waals surface area contributed by atoms with Crippen molar-refractivity contribution in [2.45, 2.75) is 6.92 Å². The Bertz CT molecular complexity index is 518. The minimum atomic E-state index is 1.25. The molecular weight excluding hydrogens is 180 g/mol. The van der Waals surface area contributed by atoms with Gasteiger partial charge in [-0.3, -0.25) is 0 Å². The van der Waals surface area contributed by atoms with Gasteiger partial charge in [-0.25, -0.2) is 0 Å². The molecule has 0 aliphatic carbocycles. The molecule has 0 radical (unpaired) electrons. The molecule has 2 rings (SSSR count). The molecule has 2 aromatic carbocycles. The number of allylic oxidation sites excluding steroid dienone is 3. The van der Waals surface area contributed by atoms with Crippen molar-refractivity contribution in [1.29, 1.82) is 0 Å². The van der Waals surface area contributed by atoms with Crippen LogP contribution in [0.4, 0.5) is 0 Å². The number of benzene rings is 2. The van der Waals surface area contributed by atoms with Crippen LogP contribution in [-0.4, -0.2) is 0 Å². The van der Waals surface area contributed by atoms with Gasteiger partial charge in [0.2, 0.25) is 0 Å². The van der Waals surface area contributed by atoms with Crippen molar-refractivity contribution in [3.63, 3.8) is 0 Å². The van der Waals surface area contributed by atoms with Gasteiger partial charge < -0.3 is 0 Å². The van der Waals surface area contributed by atoms with Crippen LogP contribution in [0.2, 0.25) is 0 Å². The van der Waals surface area contributed by atoms with Crippen molar-refractivity contribution < 1.29 is 0 Å². The maximum atomic E-state index is 3.71. The molecule has 74 valence electrons. The zero-order valence-corrected chi connectivity index (χ0v) is 8.90. The maximum Gasteiger partial charge on any atom is -0.0178 e. The summed E-state index contributed by atoms with van der Waals surface area (Å²) >= 11 is 0. The molecule has 0 bridgehead atoms. The van der Waals surface area contributed by atoms with E-state index in [1.54, 1.807) is 0 Å². The highest BCUT2D eigenvalue weighted by Gasteiger charge is 1.96. The molecule has 0 heterocycles. The van der Waals surface area contributed by atoms with E-state index >= 15 is 0 Å². The lowest BCUT2D eigenvalue weighted by Crippen LogP contribution is -1.79. The average molecular weight is 194 g/mol. The van der Waals surface area contributed by atoms with E-state index in [1.807, 2.05) is 12.2 Å². The normalized spacial score (nSPS) is 11.7. The van der Waals surface area contributed by atoms with Crippen molar-refractivity contribution in [1.82, 2.24) is 0 Å². The fourth-order valence-electron chi connectivity index (χ4n) is 1.71. The van der Waals surface area contributed by atoms with Crippen molar-refractivity contribution in [3.05, 3.63) is 66.8 Å². The monoisotopic (exact) mass is 194 g/mol. The SMILES string of the molecule is C=C/C=C(\C)c1ccc2ccccc2c1. The predicted molar refractivity (Wildman–Crippen MR) is 67.8 cm³/mol. The molecule has 0 nitrogen and oxygen atoms in total. The van der Waals surface area contributed by atoms with Crippen LogP contribution in [0, 0.1) is 0 Å². The highest BCUT2D eigenvalue weighted by Crippen LogP contribution is 2.20. The van der Waals surface area contributed by atoms with Gasteiger partial charge in [0.1, 0.15) is 0 Å². The summed E-state index contributed by atoms with van der Waals surface area (Å²) in [6.45, 7) is 5.82. The second kappa shape index (κ2) is 4.14. The predicted octanol–water partition coefficient (Wildman–Crippen LogP) is 4.43. The van der Waals surface area contributed by atoms with Gasteiger partial charge in [-0.15, -0.1) is 0 Å². The molecule has 0 saturated carbocycles. The Kier molecular flexibility index (Phi) is 2.68. The lowest BCUT2D eigenvalue weighted by atomic mass is 10.0. The van der Waals surface area contributed by atoms with Gasteiger partial charge in [0.25, 0.3) is 0 Å². The Morgan fingerprint density at radius 2 is 1.80 bits per heavy atom. The minimum absolute atomic E-state index is 1.25. The van der Waals surface area contributed by atoms with Gasteiger partial charge in [-0.05, 0) is 34.9 Å². The van der Waals surface area contributed by atoms with E-state index in [0.29, 0.717) is 0 Å². The van der Waals surface area contributed by atoms with Crippen LogP contribution in [0.15, 0.2) is 61.2 Å². The standard InChI is InChI=1S/C15H14/c1-3-6-12(2)14-10-9-13-7-4-5-8-15(13)11-14/h3-11H,1H2,2H3/b12-6+. The Balaban J connectivity index is 2.56. The lowest BCUT2D eigenvalue weighted by Gasteiger charge is -2.03. The van der Waals surface area contributed by atoms with E-state index in [4.69, 9.17) is 0 Å². The molecule has 0 atom stereocenters. The molecule has 0 aromatic heterocycles. The second-order valence-electron chi connectivity index (χ2n) is 3.65. The molecule has 0 fully saturated rings. The summed E-state index contributed by atoms with van der Waals surface area (Å²) in [5.41, 5.74) is 2.50. The molecule has 0 aliphatic rings. The van der Waals surface area contributed by atoms with Crippen molar-refractivity contribution in [3.8, 4) is 0 Å². The first kappa shape index (κ1) is 9.72. The Morgan fingerprint density at radius 1 is 1.07 bits per heavy atom. The number of rotatable bonds is 2. The highest BCUT2D eigenvalue weighted by molar-refractivity contribution is 5.86. The van der Waals surface area contributed by atoms with Crippen LogP contribution in [0.3, 0.4) is 0 Å². The number of hydrogen-bond acceptors (Lipinski definition) is 0. The van der Waals surface area contributed by atoms with E-state index in [9.17, 15) is 0 Å². The molecule has 0 N–H and O–H groups in total. The summed E-state index contributed by atoms with van der Waals surface area (Å²) in [6, 6.07) is 14.9. The van der Waals surface area contributed by atoms with Crippen LogP contribution in [0.1, 0.15) is 12.5 Å². The smallest absolute Gasteiger partial charge is 0.0178 e. The Morgan fingerprint density at radius 3 is 2.53 bits per heavy atom. The largest absolute Gasteiger partial charge is 0.0991 e. The molecule has 0 spiro atoms. The van der Waals surface area contributed by atoms with Gasteiger partial charge in [0.15, 0.2) is 0 Å². The summed E-state index contributed by atoms with van der Waals surface area (Å²) in [5, 5.41) is 2.57. The molecule has 0 amide bonds. The molecule has 0 unspecified atom stereocenters. The summed E-state index contributed by atoms with van der Waals surface area (Å²) in [4.78, 5) is 0. The topological polar surface area (TPSA) is 0 Å². The maximum absolute atomic E-state index is 3.71. The van der Waals surface area contributed by atoms with E-state index in [0.717, 1.165) is 0 Å². The van der Waals surface area contributed by atoms with Crippen molar-refractivity contribution >= 4 is 16.3 Å². The fraction of sp³-hybridized carbons (Fsp3) is 0.0667. The van der Waals surface area contributed by atoms with E-state index in [-0.39, 0.29) is 0 Å². The van der Waals surface area contributed by atoms with Gasteiger partial charge in [0, 0.05) is 0 Å². The van der Waals surface area contributed by atoms with Gasteiger partial charge in [-0.1, -0.05) is 55.1 Å². The van der Waals surface area contributed by atoms with Gasteiger partial charge >= 0.3 is 0 Å². The summed E-state index contributed by atoms with van der Waals surface area (Å²) in [6.07, 6.45) is 3.86. The van der Waals surface area contributed by atoms with Crippen LogP contribution in [0.5, 0.6) is 0 Å². The minimum Gasteiger partial charge on any atom is -0.0991 e. The highest BCUT2D eigenvalue weighted by atomic mass is 14.0. The van der Waals surface area contributed by atoms with E-state index < -0.39 is 0 Å². The van der Waals surface area contributed by atoms with Crippen LogP contribution >= 0.6 is 0 Å². The van der Waals surface area contributed by atoms with Crippen LogP contribution < -0.4 is 0 Å². The second-order valence-corrected chi connectivity index (χ2v) is 3.65. The van der Waals surface area contributed by atoms with E-state index in [2.05, 4.69) is 56.0 Å². The first-order valence-electron chi connectivity index (χ1n) is 5.10. The number of hydrogen-bond donors (Lipinski definition) is 0. The van der Waals surface area contributed by atoms with Crippen LogP contribution in [-0.2, 0) is 0 Å². The quantitative estimate of drug-likeness (QED) is 0.620. The Hall–Kier alpha value is -1.82. The van der Waals surface area contributed by atoms with Crippen LogP contribution in [0.25, 0.3) is 16.3 Å². The first-order valence-corrected chi connectivity index (χ1v) is 5.10. The zero-order valence-electron chi connectivity index (χ0n) is 8.90. The van der Waals surface area contributed by atoms with Gasteiger partial charge in [-0.2, -0.15) is 0 Å². The van der Waals surface area contributed by atoms with Gasteiger partial charge in [0.05, 0.1) is 0 Å². The molecule has 15 heavy (non-hydrogen) atoms. The van der Waals surface area contributed by atoms with E-state index in [1.165, 1.54) is 21.9 Å². The molecular formula is C15H14. The summed E-state index contributed by atoms with van der Waals surface area (Å²) < 4.78 is 0. The molecule has 0 aliphatic heterocycles. The molecule has 2 aromatic rings. The first-order chi connectivity index (χ1) is 7.31. The molecule has 0 heteroatoms. The fourth-order valence-corrected chi connectivity index (χ4v) is 1.71. The molecule has 0 saturated heterocycles. The van der Waals surface area contributed by atoms with Crippen molar-refractivity contribution in [2.75, 3.05) is 0 Å². The summed E-state index contributed by atoms with van der Waals surface area (Å²) in [7, 11) is 0. The zero-order chi connectivity index (χ0) is 10.7. The third kappa shape index (κ3) is 1.99. The average Bonchev–Trinajstić information content (AvgIpc) is 2.29.